The topological polar surface area (TPSA) is 80.0 Å². The van der Waals surface area contributed by atoms with Crippen LogP contribution in [0.4, 0.5) is 0 Å². The number of rotatable bonds is 4. The van der Waals surface area contributed by atoms with Crippen molar-refractivity contribution < 1.29 is 9.90 Å². The molecule has 2 unspecified atom stereocenters. The summed E-state index contributed by atoms with van der Waals surface area (Å²) in [7, 11) is 1.90. The van der Waals surface area contributed by atoms with E-state index in [0.717, 1.165) is 25.1 Å². The van der Waals surface area contributed by atoms with Gasteiger partial charge >= 0.3 is 5.97 Å². The summed E-state index contributed by atoms with van der Waals surface area (Å²) in [5.74, 6) is 0.0124. The van der Waals surface area contributed by atoms with Gasteiger partial charge in [-0.1, -0.05) is 6.42 Å². The molecule has 0 radical (unpaired) electrons. The van der Waals surface area contributed by atoms with E-state index in [0.29, 0.717) is 13.0 Å². The van der Waals surface area contributed by atoms with Gasteiger partial charge in [-0.15, -0.1) is 10.2 Å². The number of aromatic nitrogens is 3. The molecule has 2 rings (SSSR count). The van der Waals surface area contributed by atoms with Gasteiger partial charge in [0.05, 0.1) is 12.5 Å². The molecule has 1 aliphatic rings. The smallest absolute Gasteiger partial charge is 0.306 e. The summed E-state index contributed by atoms with van der Waals surface area (Å²) in [6, 6.07) is 0.279. The third-order valence-corrected chi connectivity index (χ3v) is 3.38. The number of hydrogen-bond acceptors (Lipinski definition) is 4. The van der Waals surface area contributed by atoms with Crippen LogP contribution in [0.1, 0.15) is 31.5 Å². The van der Waals surface area contributed by atoms with E-state index in [4.69, 9.17) is 5.11 Å². The Kier molecular flexibility index (Phi) is 3.73. The second kappa shape index (κ2) is 5.27. The predicted octanol–water partition coefficient (Wildman–Crippen LogP) is 0.548. The van der Waals surface area contributed by atoms with Crippen LogP contribution in [0.5, 0.6) is 0 Å². The van der Waals surface area contributed by atoms with E-state index in [9.17, 15) is 4.79 Å². The van der Waals surface area contributed by atoms with Crippen LogP contribution in [0.25, 0.3) is 0 Å². The number of carboxylic acids is 1. The van der Waals surface area contributed by atoms with E-state index in [1.807, 2.05) is 11.6 Å². The number of aliphatic carboxylic acids is 1. The normalized spacial score (nSPS) is 24.8. The lowest BCUT2D eigenvalue weighted by atomic mass is 9.86. The molecule has 1 saturated carbocycles. The summed E-state index contributed by atoms with van der Waals surface area (Å²) < 4.78 is 1.87. The van der Waals surface area contributed by atoms with Crippen molar-refractivity contribution in [1.29, 1.82) is 0 Å². The minimum atomic E-state index is -0.671. The molecule has 1 aliphatic carbocycles. The van der Waals surface area contributed by atoms with Crippen molar-refractivity contribution >= 4 is 5.97 Å². The van der Waals surface area contributed by atoms with Crippen LogP contribution in [-0.4, -0.2) is 31.9 Å². The Morgan fingerprint density at radius 2 is 2.47 bits per heavy atom. The van der Waals surface area contributed by atoms with Crippen molar-refractivity contribution in [2.45, 2.75) is 38.3 Å². The molecule has 0 bridgehead atoms. The molecule has 0 aromatic carbocycles. The molecule has 1 aromatic rings. The molecular weight excluding hydrogens is 220 g/mol. The minimum absolute atomic E-state index is 0.194. The van der Waals surface area contributed by atoms with E-state index >= 15 is 0 Å². The molecule has 2 atom stereocenters. The lowest BCUT2D eigenvalue weighted by Gasteiger charge is -2.27. The monoisotopic (exact) mass is 238 g/mol. The summed E-state index contributed by atoms with van der Waals surface area (Å²) in [5, 5.41) is 20.2. The van der Waals surface area contributed by atoms with Crippen LogP contribution in [0.2, 0.25) is 0 Å². The first-order valence-electron chi connectivity index (χ1n) is 5.96. The number of aryl methyl sites for hydroxylation is 1. The van der Waals surface area contributed by atoms with Crippen LogP contribution >= 0.6 is 0 Å². The first-order valence-corrected chi connectivity index (χ1v) is 5.96. The molecule has 1 fully saturated rings. The largest absolute Gasteiger partial charge is 0.481 e. The van der Waals surface area contributed by atoms with Gasteiger partial charge in [0.25, 0.3) is 0 Å². The minimum Gasteiger partial charge on any atom is -0.481 e. The second-order valence-electron chi connectivity index (χ2n) is 4.64. The van der Waals surface area contributed by atoms with E-state index in [2.05, 4.69) is 15.5 Å². The Balaban J connectivity index is 1.83. The van der Waals surface area contributed by atoms with Gasteiger partial charge < -0.3 is 15.0 Å². The fourth-order valence-corrected chi connectivity index (χ4v) is 2.30. The summed E-state index contributed by atoms with van der Waals surface area (Å²) in [4.78, 5) is 10.9. The Morgan fingerprint density at radius 1 is 1.65 bits per heavy atom. The molecule has 0 saturated heterocycles. The molecule has 1 aromatic heterocycles. The Morgan fingerprint density at radius 3 is 3.12 bits per heavy atom. The Bertz CT molecular complexity index is 391. The fourth-order valence-electron chi connectivity index (χ4n) is 2.30. The molecule has 17 heavy (non-hydrogen) atoms. The van der Waals surface area contributed by atoms with Gasteiger partial charge in [0, 0.05) is 13.1 Å². The van der Waals surface area contributed by atoms with Crippen molar-refractivity contribution in [1.82, 2.24) is 20.1 Å². The molecular formula is C11H18N4O2. The average molecular weight is 238 g/mol. The quantitative estimate of drug-likeness (QED) is 0.800. The van der Waals surface area contributed by atoms with Gasteiger partial charge in [-0.05, 0) is 19.3 Å². The Hall–Kier alpha value is -1.43. The third kappa shape index (κ3) is 3.03. The number of nitrogens with zero attached hydrogens (tertiary/aromatic N) is 3. The molecule has 0 amide bonds. The van der Waals surface area contributed by atoms with E-state index in [1.54, 1.807) is 6.33 Å². The molecule has 0 aliphatic heterocycles. The summed E-state index contributed by atoms with van der Waals surface area (Å²) in [6.07, 6.45) is 5.21. The molecule has 2 N–H and O–H groups in total. The maximum absolute atomic E-state index is 10.9. The lowest BCUT2D eigenvalue weighted by molar-refractivity contribution is -0.143. The highest BCUT2D eigenvalue weighted by Gasteiger charge is 2.26. The first-order chi connectivity index (χ1) is 8.16. The van der Waals surface area contributed by atoms with Gasteiger partial charge in [0.15, 0.2) is 0 Å². The highest BCUT2D eigenvalue weighted by Crippen LogP contribution is 2.24. The molecule has 6 nitrogen and oxygen atoms in total. The molecule has 0 spiro atoms. The average Bonchev–Trinajstić information content (AvgIpc) is 2.72. The summed E-state index contributed by atoms with van der Waals surface area (Å²) in [5.41, 5.74) is 0. The number of nitrogens with one attached hydrogen (secondary N) is 1. The van der Waals surface area contributed by atoms with Crippen LogP contribution in [0.3, 0.4) is 0 Å². The third-order valence-electron chi connectivity index (χ3n) is 3.38. The van der Waals surface area contributed by atoms with Gasteiger partial charge in [-0.25, -0.2) is 0 Å². The van der Waals surface area contributed by atoms with E-state index in [1.165, 1.54) is 0 Å². The van der Waals surface area contributed by atoms with Gasteiger partial charge in [-0.2, -0.15) is 0 Å². The molecule has 94 valence electrons. The maximum atomic E-state index is 10.9. The zero-order chi connectivity index (χ0) is 12.3. The lowest BCUT2D eigenvalue weighted by Crippen LogP contribution is -2.36. The van der Waals surface area contributed by atoms with Crippen molar-refractivity contribution in [2.24, 2.45) is 13.0 Å². The maximum Gasteiger partial charge on any atom is 0.306 e. The van der Waals surface area contributed by atoms with Gasteiger partial charge in [-0.3, -0.25) is 4.79 Å². The zero-order valence-corrected chi connectivity index (χ0v) is 9.96. The number of carboxylic acid groups (broad SMARTS) is 1. The van der Waals surface area contributed by atoms with Crippen molar-refractivity contribution in [3.05, 3.63) is 12.2 Å². The predicted molar refractivity (Wildman–Crippen MR) is 61.2 cm³/mol. The summed E-state index contributed by atoms with van der Waals surface area (Å²) >= 11 is 0. The highest BCUT2D eigenvalue weighted by molar-refractivity contribution is 5.70. The standard InChI is InChI=1S/C11H18N4O2/c1-15-7-13-14-10(15)6-12-9-4-2-3-8(5-9)11(16)17/h7-9,12H,2-6H2,1H3,(H,16,17). The van der Waals surface area contributed by atoms with Crippen LogP contribution in [-0.2, 0) is 18.4 Å². The second-order valence-corrected chi connectivity index (χ2v) is 4.64. The molecule has 6 heteroatoms. The SMILES string of the molecule is Cn1cnnc1CNC1CCCC(C(=O)O)C1. The van der Waals surface area contributed by atoms with Crippen molar-refractivity contribution in [3.8, 4) is 0 Å². The van der Waals surface area contributed by atoms with Gasteiger partial charge in [0.2, 0.25) is 0 Å². The first kappa shape index (κ1) is 12.0. The van der Waals surface area contributed by atoms with Crippen molar-refractivity contribution in [3.63, 3.8) is 0 Å². The Labute approximate surface area is 100 Å². The highest BCUT2D eigenvalue weighted by atomic mass is 16.4. The number of hydrogen-bond donors (Lipinski definition) is 2. The van der Waals surface area contributed by atoms with E-state index in [-0.39, 0.29) is 12.0 Å². The van der Waals surface area contributed by atoms with E-state index < -0.39 is 5.97 Å². The summed E-state index contributed by atoms with van der Waals surface area (Å²) in [6.45, 7) is 0.646. The van der Waals surface area contributed by atoms with Crippen molar-refractivity contribution in [2.75, 3.05) is 0 Å². The molecule has 1 heterocycles. The number of carbonyl (C=O) groups is 1. The van der Waals surface area contributed by atoms with Crippen LogP contribution < -0.4 is 5.32 Å². The zero-order valence-electron chi connectivity index (χ0n) is 9.96. The van der Waals surface area contributed by atoms with Crippen LogP contribution in [0, 0.1) is 5.92 Å². The van der Waals surface area contributed by atoms with Gasteiger partial charge in [0.1, 0.15) is 12.2 Å². The van der Waals surface area contributed by atoms with Crippen LogP contribution in [0.15, 0.2) is 6.33 Å². The fraction of sp³-hybridized carbons (Fsp3) is 0.727.